The van der Waals surface area contributed by atoms with Crippen LogP contribution in [0.3, 0.4) is 0 Å². The van der Waals surface area contributed by atoms with Crippen molar-refractivity contribution in [1.82, 2.24) is 9.61 Å². The Bertz CT molecular complexity index is 500. The molecule has 13 heavy (non-hydrogen) atoms. The smallest absolute Gasteiger partial charge is 0.264 e. The van der Waals surface area contributed by atoms with Gasteiger partial charge in [0.1, 0.15) is 0 Å². The predicted molar refractivity (Wildman–Crippen MR) is 49.0 cm³/mol. The molecule has 0 amide bonds. The van der Waals surface area contributed by atoms with E-state index >= 15 is 0 Å². The lowest BCUT2D eigenvalue weighted by Gasteiger charge is -2.02. The first kappa shape index (κ1) is 8.34. The molecule has 2 aromatic heterocycles. The molecule has 0 aromatic carbocycles. The molecule has 0 aliphatic heterocycles. The van der Waals surface area contributed by atoms with Crippen molar-refractivity contribution < 1.29 is 5.11 Å². The minimum atomic E-state index is -0.211. The third kappa shape index (κ3) is 1.34. The van der Waals surface area contributed by atoms with Crippen molar-refractivity contribution in [1.29, 1.82) is 0 Å². The molecule has 4 nitrogen and oxygen atoms in total. The number of aliphatic hydroxyl groups is 1. The molecule has 5 heteroatoms. The lowest BCUT2D eigenvalue weighted by Crippen LogP contribution is -2.03. The number of halogens is 1. The average molecular weight is 199 g/mol. The Labute approximate surface area is 78.4 Å². The molecule has 0 aliphatic carbocycles. The molecule has 2 aromatic rings. The number of aromatic amines is 1. The zero-order valence-corrected chi connectivity index (χ0v) is 7.38. The molecule has 2 N–H and O–H groups in total. The summed E-state index contributed by atoms with van der Waals surface area (Å²) in [6.07, 6.45) is 0. The molecular formula is C8H7ClN2O2. The van der Waals surface area contributed by atoms with Crippen LogP contribution in [0.1, 0.15) is 5.69 Å². The maximum absolute atomic E-state index is 11.0. The molecule has 0 saturated heterocycles. The van der Waals surface area contributed by atoms with E-state index in [2.05, 4.69) is 5.10 Å². The van der Waals surface area contributed by atoms with Crippen LogP contribution in [0.15, 0.2) is 23.0 Å². The topological polar surface area (TPSA) is 57.5 Å². The molecule has 0 saturated carbocycles. The highest BCUT2D eigenvalue weighted by atomic mass is 35.5. The summed E-state index contributed by atoms with van der Waals surface area (Å²) in [6, 6.07) is 4.67. The molecule has 0 unspecified atom stereocenters. The van der Waals surface area contributed by atoms with Gasteiger partial charge in [0.2, 0.25) is 0 Å². The number of hydrogen-bond acceptors (Lipinski definition) is 2. The highest BCUT2D eigenvalue weighted by Gasteiger charge is 2.03. The first-order chi connectivity index (χ1) is 6.20. The van der Waals surface area contributed by atoms with Crippen molar-refractivity contribution in [3.05, 3.63) is 39.3 Å². The first-order valence-corrected chi connectivity index (χ1v) is 4.09. The van der Waals surface area contributed by atoms with Gasteiger partial charge in [0.05, 0.1) is 17.8 Å². The molecule has 0 fully saturated rings. The highest BCUT2D eigenvalue weighted by Crippen LogP contribution is 2.14. The minimum Gasteiger partial charge on any atom is -0.390 e. The Morgan fingerprint density at radius 3 is 2.92 bits per heavy atom. The van der Waals surface area contributed by atoms with Gasteiger partial charge < -0.3 is 5.11 Å². The van der Waals surface area contributed by atoms with Crippen molar-refractivity contribution >= 4 is 17.1 Å². The quantitative estimate of drug-likeness (QED) is 0.711. The van der Waals surface area contributed by atoms with Gasteiger partial charge >= 0.3 is 0 Å². The minimum absolute atomic E-state index is 0.165. The van der Waals surface area contributed by atoms with Gasteiger partial charge in [0.15, 0.2) is 0 Å². The summed E-state index contributed by atoms with van der Waals surface area (Å²) in [7, 11) is 0. The van der Waals surface area contributed by atoms with E-state index in [1.54, 1.807) is 12.1 Å². The number of rotatable bonds is 1. The number of nitrogens with zero attached hydrogens (tertiary/aromatic N) is 1. The zero-order valence-electron chi connectivity index (χ0n) is 6.62. The van der Waals surface area contributed by atoms with Crippen LogP contribution in [0.25, 0.3) is 5.52 Å². The Kier molecular flexibility index (Phi) is 1.86. The van der Waals surface area contributed by atoms with Crippen LogP contribution in [-0.2, 0) is 6.61 Å². The number of aliphatic hydroxyl groups excluding tert-OH is 1. The lowest BCUT2D eigenvalue weighted by atomic mass is 10.3. The number of pyridine rings is 1. The Balaban J connectivity index is 2.88. The van der Waals surface area contributed by atoms with E-state index in [1.165, 1.54) is 10.6 Å². The van der Waals surface area contributed by atoms with Crippen LogP contribution in [0.4, 0.5) is 0 Å². The second kappa shape index (κ2) is 2.90. The monoisotopic (exact) mass is 198 g/mol. The maximum atomic E-state index is 11.0. The highest BCUT2D eigenvalue weighted by molar-refractivity contribution is 6.30. The lowest BCUT2D eigenvalue weighted by molar-refractivity contribution is 0.273. The van der Waals surface area contributed by atoms with Gasteiger partial charge in [-0.25, -0.2) is 0 Å². The van der Waals surface area contributed by atoms with E-state index in [0.29, 0.717) is 16.2 Å². The third-order valence-corrected chi connectivity index (χ3v) is 2.02. The summed E-state index contributed by atoms with van der Waals surface area (Å²) < 4.78 is 1.51. The second-order valence-electron chi connectivity index (χ2n) is 2.70. The van der Waals surface area contributed by atoms with Crippen molar-refractivity contribution in [2.75, 3.05) is 0 Å². The number of H-pyrrole nitrogens is 1. The average Bonchev–Trinajstić information content (AvgIpc) is 2.43. The predicted octanol–water partition coefficient (Wildman–Crippen LogP) is 0.773. The number of hydrogen-bond donors (Lipinski definition) is 2. The normalized spacial score (nSPS) is 10.9. The Morgan fingerprint density at radius 1 is 1.46 bits per heavy atom. The summed E-state index contributed by atoms with van der Waals surface area (Å²) in [5, 5.41) is 12.0. The fourth-order valence-corrected chi connectivity index (χ4v) is 1.51. The summed E-state index contributed by atoms with van der Waals surface area (Å²) in [5.41, 5.74) is 1.00. The van der Waals surface area contributed by atoms with E-state index < -0.39 is 0 Å². The summed E-state index contributed by atoms with van der Waals surface area (Å²) in [4.78, 5) is 11.0. The van der Waals surface area contributed by atoms with E-state index in [1.807, 2.05) is 0 Å². The molecule has 0 spiro atoms. The van der Waals surface area contributed by atoms with Crippen molar-refractivity contribution in [2.45, 2.75) is 6.61 Å². The van der Waals surface area contributed by atoms with Gasteiger partial charge in [-0.15, -0.1) is 0 Å². The van der Waals surface area contributed by atoms with Crippen LogP contribution in [0, 0.1) is 0 Å². The number of fused-ring (bicyclic) bond motifs is 1. The van der Waals surface area contributed by atoms with Crippen LogP contribution < -0.4 is 5.56 Å². The van der Waals surface area contributed by atoms with E-state index in [9.17, 15) is 4.79 Å². The van der Waals surface area contributed by atoms with Gasteiger partial charge in [0, 0.05) is 11.1 Å². The Morgan fingerprint density at radius 2 is 2.23 bits per heavy atom. The summed E-state index contributed by atoms with van der Waals surface area (Å²) in [6.45, 7) is -0.165. The standard InChI is InChI=1S/C8H7ClN2O2/c9-5-1-6-3-8(13)10-11(6)7(2-5)4-12/h1-3,12H,4H2,(H,10,13). The maximum Gasteiger partial charge on any atom is 0.264 e. The molecular weight excluding hydrogens is 192 g/mol. The van der Waals surface area contributed by atoms with Crippen LogP contribution in [-0.4, -0.2) is 14.7 Å². The van der Waals surface area contributed by atoms with Crippen molar-refractivity contribution in [3.63, 3.8) is 0 Å². The van der Waals surface area contributed by atoms with Crippen LogP contribution in [0.5, 0.6) is 0 Å². The van der Waals surface area contributed by atoms with Gasteiger partial charge in [-0.3, -0.25) is 14.4 Å². The molecule has 0 aliphatic rings. The summed E-state index contributed by atoms with van der Waals surface area (Å²) >= 11 is 5.77. The molecule has 0 bridgehead atoms. The second-order valence-corrected chi connectivity index (χ2v) is 3.14. The van der Waals surface area contributed by atoms with E-state index in [0.717, 1.165) is 0 Å². The van der Waals surface area contributed by atoms with Crippen molar-refractivity contribution in [2.24, 2.45) is 0 Å². The van der Waals surface area contributed by atoms with Crippen LogP contribution in [0.2, 0.25) is 5.02 Å². The Hall–Kier alpha value is -1.26. The molecule has 0 atom stereocenters. The summed E-state index contributed by atoms with van der Waals surface area (Å²) in [5.74, 6) is 0. The van der Waals surface area contributed by atoms with Gasteiger partial charge in [-0.2, -0.15) is 0 Å². The number of aromatic nitrogens is 2. The van der Waals surface area contributed by atoms with E-state index in [-0.39, 0.29) is 12.2 Å². The molecule has 2 heterocycles. The molecule has 68 valence electrons. The van der Waals surface area contributed by atoms with Gasteiger partial charge in [-0.1, -0.05) is 11.6 Å². The fourth-order valence-electron chi connectivity index (χ4n) is 1.27. The molecule has 2 rings (SSSR count). The van der Waals surface area contributed by atoms with Gasteiger partial charge in [-0.05, 0) is 12.1 Å². The number of nitrogens with one attached hydrogen (secondary N) is 1. The largest absolute Gasteiger partial charge is 0.390 e. The molecule has 0 radical (unpaired) electrons. The fraction of sp³-hybridized carbons (Fsp3) is 0.125. The van der Waals surface area contributed by atoms with Crippen molar-refractivity contribution in [3.8, 4) is 0 Å². The van der Waals surface area contributed by atoms with E-state index in [4.69, 9.17) is 16.7 Å². The SMILES string of the molecule is O=c1cc2cc(Cl)cc(CO)n2[nH]1. The van der Waals surface area contributed by atoms with Crippen LogP contribution >= 0.6 is 11.6 Å². The van der Waals surface area contributed by atoms with Gasteiger partial charge in [0.25, 0.3) is 5.56 Å². The third-order valence-electron chi connectivity index (χ3n) is 1.80. The first-order valence-electron chi connectivity index (χ1n) is 3.72. The zero-order chi connectivity index (χ0) is 9.42.